The Kier molecular flexibility index (Phi) is 6.51. The summed E-state index contributed by atoms with van der Waals surface area (Å²) in [5.41, 5.74) is 5.30. The van der Waals surface area contributed by atoms with Gasteiger partial charge in [-0.3, -0.25) is 14.4 Å². The van der Waals surface area contributed by atoms with Gasteiger partial charge in [-0.15, -0.1) is 0 Å². The number of para-hydroxylation sites is 2. The molecule has 7 nitrogen and oxygen atoms in total. The lowest BCUT2D eigenvalue weighted by molar-refractivity contribution is 0.100. The number of fused-ring (bicyclic) bond motifs is 1. The molecule has 156 valence electrons. The topological polar surface area (TPSA) is 114 Å². The first-order valence-electron chi connectivity index (χ1n) is 10.00. The van der Waals surface area contributed by atoms with E-state index < -0.39 is 17.4 Å². The number of carbonyl (C=O) groups is 2. The molecule has 0 saturated carbocycles. The molecule has 3 aromatic rings. The van der Waals surface area contributed by atoms with Crippen molar-refractivity contribution in [1.29, 1.82) is 0 Å². The molecule has 1 aromatic heterocycles. The van der Waals surface area contributed by atoms with E-state index in [2.05, 4.69) is 12.2 Å². The minimum Gasteiger partial charge on any atom is -0.506 e. The molecule has 30 heavy (non-hydrogen) atoms. The minimum absolute atomic E-state index is 0.117. The first kappa shape index (κ1) is 21.1. The second-order valence-corrected chi connectivity index (χ2v) is 7.12. The zero-order chi connectivity index (χ0) is 21.7. The molecule has 0 aliphatic rings. The number of aromatic hydroxyl groups is 1. The van der Waals surface area contributed by atoms with Gasteiger partial charge in [-0.25, -0.2) is 0 Å². The summed E-state index contributed by atoms with van der Waals surface area (Å²) in [4.78, 5) is 37.8. The van der Waals surface area contributed by atoms with Crippen molar-refractivity contribution in [2.75, 3.05) is 5.32 Å². The second-order valence-electron chi connectivity index (χ2n) is 7.12. The summed E-state index contributed by atoms with van der Waals surface area (Å²) in [6.45, 7) is 2.55. The van der Waals surface area contributed by atoms with Gasteiger partial charge < -0.3 is 20.7 Å². The van der Waals surface area contributed by atoms with Gasteiger partial charge in [-0.2, -0.15) is 0 Å². The lowest BCUT2D eigenvalue weighted by Gasteiger charge is -2.15. The number of rotatable bonds is 8. The van der Waals surface area contributed by atoms with Crippen molar-refractivity contribution in [3.63, 3.8) is 0 Å². The Morgan fingerprint density at radius 1 is 1.03 bits per heavy atom. The average Bonchev–Trinajstić information content (AvgIpc) is 2.73. The average molecular weight is 407 g/mol. The fourth-order valence-corrected chi connectivity index (χ4v) is 3.50. The third-order valence-corrected chi connectivity index (χ3v) is 5.05. The Morgan fingerprint density at radius 3 is 2.47 bits per heavy atom. The lowest BCUT2D eigenvalue weighted by Crippen LogP contribution is -2.30. The highest BCUT2D eigenvalue weighted by Crippen LogP contribution is 2.27. The van der Waals surface area contributed by atoms with Crippen LogP contribution >= 0.6 is 0 Å². The van der Waals surface area contributed by atoms with Crippen molar-refractivity contribution in [2.45, 2.75) is 39.2 Å². The summed E-state index contributed by atoms with van der Waals surface area (Å²) in [7, 11) is 0. The highest BCUT2D eigenvalue weighted by Gasteiger charge is 2.23. The molecule has 3 rings (SSSR count). The van der Waals surface area contributed by atoms with Gasteiger partial charge in [0.25, 0.3) is 17.4 Å². The van der Waals surface area contributed by atoms with Crippen molar-refractivity contribution in [3.05, 3.63) is 70.0 Å². The number of hydrogen-bond donors (Lipinski definition) is 3. The number of aromatic nitrogens is 1. The van der Waals surface area contributed by atoms with Crippen molar-refractivity contribution in [3.8, 4) is 5.75 Å². The van der Waals surface area contributed by atoms with Gasteiger partial charge in [0.2, 0.25) is 0 Å². The van der Waals surface area contributed by atoms with E-state index in [9.17, 15) is 19.5 Å². The summed E-state index contributed by atoms with van der Waals surface area (Å²) >= 11 is 0. The molecule has 0 aliphatic heterocycles. The second kappa shape index (κ2) is 9.26. The number of nitrogens with two attached hydrogens (primary N) is 1. The fraction of sp³-hybridized carbons (Fsp3) is 0.261. The summed E-state index contributed by atoms with van der Waals surface area (Å²) < 4.78 is 1.53. The number of nitrogens with one attached hydrogen (secondary N) is 1. The van der Waals surface area contributed by atoms with Crippen LogP contribution in [0.1, 0.15) is 53.3 Å². The largest absolute Gasteiger partial charge is 0.506 e. The van der Waals surface area contributed by atoms with Gasteiger partial charge >= 0.3 is 0 Å². The molecule has 0 bridgehead atoms. The third-order valence-electron chi connectivity index (χ3n) is 5.05. The lowest BCUT2D eigenvalue weighted by atomic mass is 10.1. The maximum absolute atomic E-state index is 13.2. The minimum atomic E-state index is -0.792. The molecule has 0 fully saturated rings. The number of hydrogen-bond acceptors (Lipinski definition) is 4. The van der Waals surface area contributed by atoms with Crippen molar-refractivity contribution in [1.82, 2.24) is 4.57 Å². The third kappa shape index (κ3) is 4.20. The maximum atomic E-state index is 13.2. The molecule has 0 saturated heterocycles. The number of amides is 2. The van der Waals surface area contributed by atoms with Crippen molar-refractivity contribution < 1.29 is 14.7 Å². The Bertz CT molecular complexity index is 1150. The number of aryl methyl sites for hydroxylation is 1. The van der Waals surface area contributed by atoms with Crippen LogP contribution in [0.5, 0.6) is 5.75 Å². The van der Waals surface area contributed by atoms with Crippen molar-refractivity contribution >= 4 is 28.4 Å². The van der Waals surface area contributed by atoms with Crippen molar-refractivity contribution in [2.24, 2.45) is 5.73 Å². The van der Waals surface area contributed by atoms with Gasteiger partial charge in [-0.05, 0) is 30.7 Å². The summed E-state index contributed by atoms with van der Waals surface area (Å²) in [5, 5.41) is 13.7. The summed E-state index contributed by atoms with van der Waals surface area (Å²) in [5.74, 6) is -1.88. The molecule has 0 aliphatic carbocycles. The van der Waals surface area contributed by atoms with Gasteiger partial charge in [0.05, 0.1) is 16.8 Å². The Morgan fingerprint density at radius 2 is 1.73 bits per heavy atom. The first-order valence-corrected chi connectivity index (χ1v) is 10.00. The number of carbonyl (C=O) groups excluding carboxylic acids is 2. The molecule has 0 atom stereocenters. The van der Waals surface area contributed by atoms with E-state index in [0.29, 0.717) is 17.4 Å². The van der Waals surface area contributed by atoms with E-state index in [-0.39, 0.29) is 22.6 Å². The molecule has 4 N–H and O–H groups in total. The normalized spacial score (nSPS) is 10.8. The number of primary amides is 1. The predicted octanol–water partition coefficient (Wildman–Crippen LogP) is 3.64. The number of nitrogens with zero attached hydrogens (tertiary/aromatic N) is 1. The molecule has 7 heteroatoms. The smallest absolute Gasteiger partial charge is 0.267 e. The monoisotopic (exact) mass is 407 g/mol. The molecular formula is C23H25N3O4. The zero-order valence-corrected chi connectivity index (χ0v) is 16.9. The van der Waals surface area contributed by atoms with E-state index in [1.54, 1.807) is 36.4 Å². The predicted molar refractivity (Wildman–Crippen MR) is 117 cm³/mol. The standard InChI is InChI=1S/C23H25N3O4/c1-2-3-4-9-14-26-18-13-8-6-11-16(18)20(27)19(23(26)30)22(29)25-17-12-7-5-10-15(17)21(24)28/h5-8,10-13,27H,2-4,9,14H2,1H3,(H2,24,28)(H,25,29). The van der Waals surface area contributed by atoms with Gasteiger partial charge in [-0.1, -0.05) is 50.5 Å². The van der Waals surface area contributed by atoms with Gasteiger partial charge in [0, 0.05) is 11.9 Å². The summed E-state index contributed by atoms with van der Waals surface area (Å²) in [6.07, 6.45) is 3.87. The SMILES string of the molecule is CCCCCCn1c(=O)c(C(=O)Nc2ccccc2C(N)=O)c(O)c2ccccc21. The highest BCUT2D eigenvalue weighted by atomic mass is 16.3. The molecule has 0 spiro atoms. The van der Waals surface area contributed by atoms with Crippen LogP contribution in [-0.2, 0) is 6.54 Å². The van der Waals surface area contributed by atoms with Crippen LogP contribution in [0.4, 0.5) is 5.69 Å². The van der Waals surface area contributed by atoms with Crippen LogP contribution < -0.4 is 16.6 Å². The van der Waals surface area contributed by atoms with Crippen LogP contribution in [0.15, 0.2) is 53.3 Å². The first-order chi connectivity index (χ1) is 14.5. The fourth-order valence-electron chi connectivity index (χ4n) is 3.50. The molecular weight excluding hydrogens is 382 g/mol. The molecule has 0 radical (unpaired) electrons. The van der Waals surface area contributed by atoms with Gasteiger partial charge in [0.1, 0.15) is 11.3 Å². The van der Waals surface area contributed by atoms with E-state index in [4.69, 9.17) is 5.73 Å². The Hall–Kier alpha value is -3.61. The number of pyridine rings is 1. The van der Waals surface area contributed by atoms with Crippen LogP contribution in [0.2, 0.25) is 0 Å². The molecule has 1 heterocycles. The van der Waals surface area contributed by atoms with Crippen LogP contribution in [0.25, 0.3) is 10.9 Å². The van der Waals surface area contributed by atoms with Crippen LogP contribution in [-0.4, -0.2) is 21.5 Å². The number of unbranched alkanes of at least 4 members (excludes halogenated alkanes) is 3. The quantitative estimate of drug-likeness (QED) is 0.495. The van der Waals surface area contributed by atoms with Gasteiger partial charge in [0.15, 0.2) is 0 Å². The number of benzene rings is 2. The molecule has 2 aromatic carbocycles. The van der Waals surface area contributed by atoms with Crippen LogP contribution in [0.3, 0.4) is 0 Å². The number of anilines is 1. The molecule has 0 unspecified atom stereocenters. The summed E-state index contributed by atoms with van der Waals surface area (Å²) in [6, 6.07) is 13.2. The van der Waals surface area contributed by atoms with E-state index in [0.717, 1.165) is 25.7 Å². The molecule has 2 amide bonds. The van der Waals surface area contributed by atoms with E-state index >= 15 is 0 Å². The Labute approximate surface area is 174 Å². The zero-order valence-electron chi connectivity index (χ0n) is 16.9. The Balaban J connectivity index is 2.06. The van der Waals surface area contributed by atoms with E-state index in [1.807, 2.05) is 0 Å². The highest BCUT2D eigenvalue weighted by molar-refractivity contribution is 6.11. The van der Waals surface area contributed by atoms with Crippen LogP contribution in [0, 0.1) is 0 Å². The van der Waals surface area contributed by atoms with E-state index in [1.165, 1.54) is 16.7 Å². The maximum Gasteiger partial charge on any atom is 0.267 e.